The van der Waals surface area contributed by atoms with E-state index in [1.54, 1.807) is 0 Å². The van der Waals surface area contributed by atoms with Gasteiger partial charge in [0.2, 0.25) is 0 Å². The van der Waals surface area contributed by atoms with Gasteiger partial charge in [0, 0.05) is 0 Å². The van der Waals surface area contributed by atoms with Crippen LogP contribution in [0.2, 0.25) is 0 Å². The lowest BCUT2D eigenvalue weighted by Gasteiger charge is -2.10. The lowest BCUT2D eigenvalue weighted by Crippen LogP contribution is -1.95. The van der Waals surface area contributed by atoms with Gasteiger partial charge in [-0.1, -0.05) is 60.7 Å². The summed E-state index contributed by atoms with van der Waals surface area (Å²) in [5.74, 6) is 0. The van der Waals surface area contributed by atoms with E-state index in [0.29, 0.717) is 0 Å². The Labute approximate surface area is 152 Å². The Morgan fingerprint density at radius 1 is 0.625 bits per heavy atom. The molecule has 0 spiro atoms. The Kier molecular flexibility index (Phi) is 5.84. The summed E-state index contributed by atoms with van der Waals surface area (Å²) in [6, 6.07) is 22.4. The molecule has 0 nitrogen and oxygen atoms in total. The van der Waals surface area contributed by atoms with Crippen molar-refractivity contribution in [3.05, 3.63) is 77.4 Å². The van der Waals surface area contributed by atoms with Crippen molar-refractivity contribution in [2.45, 2.75) is 19.2 Å². The molecule has 3 aromatic rings. The zero-order valence-corrected chi connectivity index (χ0v) is 17.4. The lowest BCUT2D eigenvalue weighted by molar-refractivity contribution is 1.33. The zero-order valence-electron chi connectivity index (χ0n) is 13.9. The van der Waals surface area contributed by atoms with Crippen molar-refractivity contribution >= 4 is 33.0 Å². The fourth-order valence-electron chi connectivity index (χ4n) is 2.88. The maximum atomic E-state index is 2.82. The second-order valence-electron chi connectivity index (χ2n) is 6.10. The average molecular weight is 368 g/mol. The van der Waals surface area contributed by atoms with Crippen molar-refractivity contribution in [2.75, 3.05) is 0 Å². The first kappa shape index (κ1) is 17.8. The van der Waals surface area contributed by atoms with E-state index in [-0.39, 0.29) is 0 Å². The monoisotopic (exact) mass is 368 g/mol. The van der Waals surface area contributed by atoms with Gasteiger partial charge in [0.15, 0.2) is 0 Å². The maximum absolute atomic E-state index is 2.82. The predicted octanol–water partition coefficient (Wildman–Crippen LogP) is 5.58. The summed E-state index contributed by atoms with van der Waals surface area (Å²) in [6.07, 6.45) is 1.98. The van der Waals surface area contributed by atoms with Gasteiger partial charge < -0.3 is 0 Å². The molecule has 3 heteroatoms. The summed E-state index contributed by atoms with van der Waals surface area (Å²) in [6.45, 7) is 2.15. The standard InChI is InChI=1S/C21H23P3/c1-14-8-19(6-7-21(14)24)17-2-4-18(5-3-17)20-10-15(12-22)9-16(11-20)13-23/h2-11H,12-13,22-24H2,1H3. The topological polar surface area (TPSA) is 0 Å². The van der Waals surface area contributed by atoms with Crippen LogP contribution < -0.4 is 5.30 Å². The molecule has 0 saturated heterocycles. The van der Waals surface area contributed by atoms with E-state index in [0.717, 1.165) is 12.3 Å². The summed E-state index contributed by atoms with van der Waals surface area (Å²) < 4.78 is 0. The third-order valence-electron chi connectivity index (χ3n) is 4.35. The van der Waals surface area contributed by atoms with Gasteiger partial charge >= 0.3 is 0 Å². The molecule has 3 atom stereocenters. The van der Waals surface area contributed by atoms with E-state index in [4.69, 9.17) is 0 Å². The van der Waals surface area contributed by atoms with Crippen molar-refractivity contribution < 1.29 is 0 Å². The van der Waals surface area contributed by atoms with Crippen molar-refractivity contribution in [1.82, 2.24) is 0 Å². The fraction of sp³-hybridized carbons (Fsp3) is 0.143. The smallest absolute Gasteiger partial charge is 0.0128 e. The molecule has 0 aromatic heterocycles. The van der Waals surface area contributed by atoms with Gasteiger partial charge in [-0.05, 0) is 63.5 Å². The number of benzene rings is 3. The molecule has 24 heavy (non-hydrogen) atoms. The molecular weight excluding hydrogens is 345 g/mol. The van der Waals surface area contributed by atoms with Crippen LogP contribution in [0.1, 0.15) is 16.7 Å². The molecule has 0 saturated carbocycles. The number of rotatable bonds is 4. The minimum absolute atomic E-state index is 0.990. The van der Waals surface area contributed by atoms with Gasteiger partial charge in [-0.25, -0.2) is 0 Å². The molecular formula is C21H23P3. The highest BCUT2D eigenvalue weighted by molar-refractivity contribution is 7.27. The molecule has 0 aliphatic rings. The van der Waals surface area contributed by atoms with Crippen LogP contribution in [0, 0.1) is 6.92 Å². The van der Waals surface area contributed by atoms with Gasteiger partial charge in [-0.2, -0.15) is 0 Å². The van der Waals surface area contributed by atoms with Crippen LogP contribution in [-0.4, -0.2) is 0 Å². The van der Waals surface area contributed by atoms with Gasteiger partial charge in [-0.15, -0.1) is 27.7 Å². The first-order valence-electron chi connectivity index (χ1n) is 8.10. The normalized spacial score (nSPS) is 10.8. The Morgan fingerprint density at radius 3 is 1.62 bits per heavy atom. The largest absolute Gasteiger partial charge is 0.133 e. The SMILES string of the molecule is Cc1cc(-c2ccc(-c3cc(CP)cc(CP)c3)cc2)ccc1P. The number of hydrogen-bond acceptors (Lipinski definition) is 0. The van der Waals surface area contributed by atoms with Crippen LogP contribution in [0.25, 0.3) is 22.3 Å². The molecule has 0 radical (unpaired) electrons. The first-order valence-corrected chi connectivity index (χ1v) is 10.3. The summed E-state index contributed by atoms with van der Waals surface area (Å²) in [7, 11) is 8.42. The number of aryl methyl sites for hydroxylation is 1. The lowest BCUT2D eigenvalue weighted by atomic mass is 9.97. The van der Waals surface area contributed by atoms with Crippen LogP contribution in [-0.2, 0) is 12.3 Å². The van der Waals surface area contributed by atoms with Gasteiger partial charge in [0.05, 0.1) is 0 Å². The van der Waals surface area contributed by atoms with E-state index < -0.39 is 0 Å². The minimum atomic E-state index is 0.990. The molecule has 0 aliphatic carbocycles. The highest BCUT2D eigenvalue weighted by Crippen LogP contribution is 2.28. The molecule has 0 fully saturated rings. The molecule has 3 rings (SSSR count). The molecule has 0 aliphatic heterocycles. The Hall–Kier alpha value is -1.05. The van der Waals surface area contributed by atoms with Crippen LogP contribution in [0.5, 0.6) is 0 Å². The third kappa shape index (κ3) is 3.95. The molecule has 3 unspecified atom stereocenters. The van der Waals surface area contributed by atoms with Gasteiger partial charge in [-0.3, -0.25) is 0 Å². The third-order valence-corrected chi connectivity index (χ3v) is 5.94. The van der Waals surface area contributed by atoms with E-state index in [1.807, 2.05) is 0 Å². The molecule has 3 aromatic carbocycles. The fourth-order valence-corrected chi connectivity index (χ4v) is 3.53. The van der Waals surface area contributed by atoms with Crippen LogP contribution in [0.15, 0.2) is 60.7 Å². The molecule has 0 heterocycles. The van der Waals surface area contributed by atoms with Gasteiger partial charge in [0.25, 0.3) is 0 Å². The van der Waals surface area contributed by atoms with E-state index in [1.165, 1.54) is 44.2 Å². The zero-order chi connectivity index (χ0) is 17.1. The number of hydrogen-bond donors (Lipinski definition) is 0. The van der Waals surface area contributed by atoms with Crippen molar-refractivity contribution in [3.63, 3.8) is 0 Å². The quantitative estimate of drug-likeness (QED) is 0.528. The van der Waals surface area contributed by atoms with Crippen molar-refractivity contribution in [2.24, 2.45) is 0 Å². The molecule has 0 N–H and O–H groups in total. The minimum Gasteiger partial charge on any atom is -0.133 e. The average Bonchev–Trinajstić information content (AvgIpc) is 2.63. The first-order chi connectivity index (χ1) is 11.6. The second kappa shape index (κ2) is 7.89. The Morgan fingerprint density at radius 2 is 1.12 bits per heavy atom. The summed E-state index contributed by atoms with van der Waals surface area (Å²) >= 11 is 0. The van der Waals surface area contributed by atoms with Crippen molar-refractivity contribution in [3.8, 4) is 22.3 Å². The maximum Gasteiger partial charge on any atom is -0.0128 e. The van der Waals surface area contributed by atoms with Crippen LogP contribution in [0.4, 0.5) is 0 Å². The van der Waals surface area contributed by atoms with Crippen LogP contribution >= 0.6 is 27.7 Å². The summed E-state index contributed by atoms with van der Waals surface area (Å²) in [5.41, 5.74) is 9.15. The van der Waals surface area contributed by atoms with E-state index >= 15 is 0 Å². The summed E-state index contributed by atoms with van der Waals surface area (Å²) in [5, 5.41) is 1.26. The van der Waals surface area contributed by atoms with Crippen molar-refractivity contribution in [1.29, 1.82) is 0 Å². The van der Waals surface area contributed by atoms with Gasteiger partial charge in [0.1, 0.15) is 0 Å². The Bertz CT molecular complexity index is 829. The summed E-state index contributed by atoms with van der Waals surface area (Å²) in [4.78, 5) is 0. The highest BCUT2D eigenvalue weighted by atomic mass is 31.0. The van der Waals surface area contributed by atoms with E-state index in [9.17, 15) is 0 Å². The van der Waals surface area contributed by atoms with Crippen LogP contribution in [0.3, 0.4) is 0 Å². The molecule has 0 amide bonds. The highest BCUT2D eigenvalue weighted by Gasteiger charge is 2.04. The van der Waals surface area contributed by atoms with E-state index in [2.05, 4.69) is 95.3 Å². The predicted molar refractivity (Wildman–Crippen MR) is 118 cm³/mol. The molecule has 122 valence electrons. The Balaban J connectivity index is 1.96. The molecule has 0 bridgehead atoms. The second-order valence-corrected chi connectivity index (χ2v) is 7.53.